The Balaban J connectivity index is -0.000000434. The van der Waals surface area contributed by atoms with Crippen molar-refractivity contribution in [3.05, 3.63) is 29.3 Å². The number of rotatable bonds is 3. The highest BCUT2D eigenvalue weighted by atomic mass is 16.6. The third kappa shape index (κ3) is 17.0. The lowest BCUT2D eigenvalue weighted by molar-refractivity contribution is -0.115. The highest BCUT2D eigenvalue weighted by Gasteiger charge is 2.33. The van der Waals surface area contributed by atoms with Crippen LogP contribution >= 0.6 is 0 Å². The van der Waals surface area contributed by atoms with Crippen molar-refractivity contribution < 1.29 is 23.9 Å². The van der Waals surface area contributed by atoms with Gasteiger partial charge in [0.2, 0.25) is 0 Å². The van der Waals surface area contributed by atoms with Gasteiger partial charge in [-0.05, 0) is 51.3 Å². The van der Waals surface area contributed by atoms with Gasteiger partial charge in [0.15, 0.2) is 0 Å². The largest absolute Gasteiger partial charge is 0.465 e. The van der Waals surface area contributed by atoms with Crippen molar-refractivity contribution in [1.29, 1.82) is 0 Å². The van der Waals surface area contributed by atoms with Crippen LogP contribution in [0.1, 0.15) is 85.2 Å². The van der Waals surface area contributed by atoms with E-state index in [1.54, 1.807) is 6.07 Å². The zero-order valence-corrected chi connectivity index (χ0v) is 23.9. The topological polar surface area (TPSA) is 84.9 Å². The number of carbonyl (C=O) groups excluding carboxylic acids is 3. The molecule has 198 valence electrons. The Morgan fingerprint density at radius 1 is 1.09 bits per heavy atom. The van der Waals surface area contributed by atoms with E-state index in [9.17, 15) is 14.4 Å². The summed E-state index contributed by atoms with van der Waals surface area (Å²) in [5, 5.41) is 2.97. The van der Waals surface area contributed by atoms with Gasteiger partial charge >= 0.3 is 12.1 Å². The number of nitrogens with zero attached hydrogens (tertiary/aromatic N) is 1. The maximum atomic E-state index is 11.3. The lowest BCUT2D eigenvalue weighted by Crippen LogP contribution is -2.52. The molecule has 2 rings (SSSR count). The summed E-state index contributed by atoms with van der Waals surface area (Å²) in [5.41, 5.74) is 1.98. The van der Waals surface area contributed by atoms with E-state index in [4.69, 9.17) is 4.74 Å². The van der Waals surface area contributed by atoms with Crippen LogP contribution in [-0.2, 0) is 14.3 Å². The van der Waals surface area contributed by atoms with Crippen LogP contribution in [0.4, 0.5) is 10.5 Å². The summed E-state index contributed by atoms with van der Waals surface area (Å²) in [4.78, 5) is 34.3. The molecule has 0 aliphatic carbocycles. The van der Waals surface area contributed by atoms with E-state index in [1.165, 1.54) is 12.0 Å². The Bertz CT molecular complexity index is 688. The Morgan fingerprint density at radius 2 is 1.56 bits per heavy atom. The Labute approximate surface area is 208 Å². The monoisotopic (exact) mass is 482 g/mol. The molecule has 0 spiro atoms. The summed E-state index contributed by atoms with van der Waals surface area (Å²) in [6, 6.07) is 5.58. The number of aryl methyl sites for hydroxylation is 1. The van der Waals surface area contributed by atoms with Crippen LogP contribution in [0.2, 0.25) is 0 Å². The summed E-state index contributed by atoms with van der Waals surface area (Å²) in [5.74, 6) is 0.544. The first kappa shape index (κ1) is 36.0. The summed E-state index contributed by atoms with van der Waals surface area (Å²) in [7, 11) is 3.19. The number of hydrogen-bond acceptors (Lipinski definition) is 6. The van der Waals surface area contributed by atoms with Gasteiger partial charge in [0, 0.05) is 25.8 Å². The van der Waals surface area contributed by atoms with Crippen LogP contribution < -0.4 is 5.32 Å². The number of carbonyl (C=O) groups is 3. The first-order chi connectivity index (χ1) is 15.8. The lowest BCUT2D eigenvalue weighted by Gasteiger charge is -2.36. The average Bonchev–Trinajstić information content (AvgIpc) is 2.74. The molecule has 34 heavy (non-hydrogen) atoms. The molecule has 1 saturated heterocycles. The molecule has 0 aromatic heterocycles. The molecule has 1 aromatic rings. The lowest BCUT2D eigenvalue weighted by atomic mass is 10.0. The van der Waals surface area contributed by atoms with Crippen LogP contribution in [0.5, 0.6) is 0 Å². The van der Waals surface area contributed by atoms with Crippen LogP contribution in [-0.4, -0.2) is 56.1 Å². The van der Waals surface area contributed by atoms with E-state index in [1.807, 2.05) is 74.6 Å². The van der Waals surface area contributed by atoms with E-state index in [2.05, 4.69) is 30.8 Å². The normalized spacial score (nSPS) is 11.9. The highest BCUT2D eigenvalue weighted by molar-refractivity contribution is 5.92. The number of esters is 1. The van der Waals surface area contributed by atoms with Crippen molar-refractivity contribution in [3.63, 3.8) is 0 Å². The number of benzene rings is 1. The minimum absolute atomic E-state index is 0.00696. The van der Waals surface area contributed by atoms with Crippen LogP contribution in [0, 0.1) is 18.8 Å². The van der Waals surface area contributed by atoms with E-state index in [-0.39, 0.29) is 18.0 Å². The van der Waals surface area contributed by atoms with Gasteiger partial charge in [-0.25, -0.2) is 9.59 Å². The molecule has 7 heteroatoms. The number of likely N-dealkylation sites (tertiary alicyclic amines) is 1. The van der Waals surface area contributed by atoms with Gasteiger partial charge in [-0.3, -0.25) is 0 Å². The van der Waals surface area contributed by atoms with Crippen molar-refractivity contribution in [2.75, 3.05) is 32.6 Å². The van der Waals surface area contributed by atoms with Gasteiger partial charge in [0.05, 0.1) is 18.6 Å². The molecule has 0 radical (unpaired) electrons. The van der Waals surface area contributed by atoms with Crippen LogP contribution in [0.25, 0.3) is 0 Å². The van der Waals surface area contributed by atoms with Crippen molar-refractivity contribution >= 4 is 24.0 Å². The van der Waals surface area contributed by atoms with Gasteiger partial charge in [0.1, 0.15) is 11.9 Å². The first-order valence-electron chi connectivity index (χ1n) is 12.1. The molecule has 1 fully saturated rings. The molecule has 0 unspecified atom stereocenters. The van der Waals surface area contributed by atoms with Crippen molar-refractivity contribution in [2.45, 2.75) is 81.8 Å². The fourth-order valence-corrected chi connectivity index (χ4v) is 2.18. The number of aldehydes is 1. The predicted octanol–water partition coefficient (Wildman–Crippen LogP) is 6.59. The molecule has 0 saturated carbocycles. The van der Waals surface area contributed by atoms with Crippen LogP contribution in [0.15, 0.2) is 18.2 Å². The molecule has 1 heterocycles. The van der Waals surface area contributed by atoms with E-state index < -0.39 is 5.60 Å². The molecular formula is C27H50N2O5. The molecule has 1 N–H and O–H groups in total. The second kappa shape index (κ2) is 19.9. The SMILES string of the molecule is CC.CC.CC(C)(C)OC(=O)N1CC(C=O)C1.CC(C)C.CNc1ccc(C)c(C(=O)OC)c1. The number of ether oxygens (including phenoxy) is 2. The number of hydrogen-bond donors (Lipinski definition) is 1. The smallest absolute Gasteiger partial charge is 0.410 e. The van der Waals surface area contributed by atoms with E-state index in [0.29, 0.717) is 18.7 Å². The highest BCUT2D eigenvalue weighted by Crippen LogP contribution is 2.17. The molecule has 0 atom stereocenters. The summed E-state index contributed by atoms with van der Waals surface area (Å²) >= 11 is 0. The minimum Gasteiger partial charge on any atom is -0.465 e. The molecule has 1 aliphatic rings. The zero-order valence-electron chi connectivity index (χ0n) is 23.9. The second-order valence-corrected chi connectivity index (χ2v) is 8.78. The van der Waals surface area contributed by atoms with Crippen molar-refractivity contribution in [2.24, 2.45) is 11.8 Å². The maximum absolute atomic E-state index is 11.3. The molecule has 1 aliphatic heterocycles. The summed E-state index contributed by atoms with van der Waals surface area (Å²) in [6.07, 6.45) is 0.548. The molecule has 1 aromatic carbocycles. The Hall–Kier alpha value is -2.57. The van der Waals surface area contributed by atoms with Gasteiger partial charge in [-0.2, -0.15) is 0 Å². The van der Waals surface area contributed by atoms with Gasteiger partial charge in [0.25, 0.3) is 0 Å². The van der Waals surface area contributed by atoms with E-state index in [0.717, 1.165) is 23.5 Å². The first-order valence-corrected chi connectivity index (χ1v) is 12.1. The quantitative estimate of drug-likeness (QED) is 0.386. The zero-order chi connectivity index (χ0) is 27.5. The Kier molecular flexibility index (Phi) is 21.0. The number of amides is 1. The minimum atomic E-state index is -0.455. The average molecular weight is 483 g/mol. The summed E-state index contributed by atoms with van der Waals surface area (Å²) in [6.45, 7) is 22.8. The number of methoxy groups -OCH3 is 1. The molecule has 7 nitrogen and oxygen atoms in total. The van der Waals surface area contributed by atoms with Gasteiger partial charge in [-0.1, -0.05) is 54.5 Å². The standard InChI is InChI=1S/C10H13NO2.C9H15NO3.C4H10.2C2H6/c1-7-4-5-8(11-2)6-9(7)10(12)13-3;1-9(2,3)13-8(12)10-4-7(5-10)6-11;1-4(2)3;2*1-2/h4-6,11H,1-3H3;6-7H,4-5H2,1-3H3;4H,1-3H3;2*1-2H3. The Morgan fingerprint density at radius 3 is 1.91 bits per heavy atom. The van der Waals surface area contributed by atoms with E-state index >= 15 is 0 Å². The number of anilines is 1. The molecular weight excluding hydrogens is 432 g/mol. The van der Waals surface area contributed by atoms with Crippen molar-refractivity contribution in [1.82, 2.24) is 4.90 Å². The molecule has 0 bridgehead atoms. The maximum Gasteiger partial charge on any atom is 0.410 e. The predicted molar refractivity (Wildman–Crippen MR) is 143 cm³/mol. The third-order valence-corrected chi connectivity index (χ3v) is 3.69. The van der Waals surface area contributed by atoms with Gasteiger partial charge < -0.3 is 24.5 Å². The van der Waals surface area contributed by atoms with Crippen LogP contribution in [0.3, 0.4) is 0 Å². The fourth-order valence-electron chi connectivity index (χ4n) is 2.18. The van der Waals surface area contributed by atoms with Gasteiger partial charge in [-0.15, -0.1) is 0 Å². The molecule has 1 amide bonds. The number of nitrogens with one attached hydrogen (secondary N) is 1. The second-order valence-electron chi connectivity index (χ2n) is 8.78. The fraction of sp³-hybridized carbons (Fsp3) is 0.667. The van der Waals surface area contributed by atoms with Crippen molar-refractivity contribution in [3.8, 4) is 0 Å². The summed E-state index contributed by atoms with van der Waals surface area (Å²) < 4.78 is 9.76. The third-order valence-electron chi connectivity index (χ3n) is 3.69.